The van der Waals surface area contributed by atoms with Gasteiger partial charge in [-0.1, -0.05) is 19.0 Å². The Morgan fingerprint density at radius 2 is 2.10 bits per heavy atom. The van der Waals surface area contributed by atoms with Crippen LogP contribution in [0.5, 0.6) is 0 Å². The van der Waals surface area contributed by atoms with Gasteiger partial charge in [-0.2, -0.15) is 4.98 Å². The van der Waals surface area contributed by atoms with E-state index in [9.17, 15) is 5.11 Å². The zero-order valence-electron chi connectivity index (χ0n) is 12.2. The van der Waals surface area contributed by atoms with Crippen molar-refractivity contribution in [1.29, 1.82) is 0 Å². The van der Waals surface area contributed by atoms with Crippen molar-refractivity contribution in [1.82, 2.24) is 15.1 Å². The van der Waals surface area contributed by atoms with Gasteiger partial charge < -0.3 is 14.5 Å². The molecule has 0 saturated carbocycles. The number of aliphatic hydroxyl groups is 1. The topological polar surface area (TPSA) is 75.3 Å². The summed E-state index contributed by atoms with van der Waals surface area (Å²) in [5, 5.41) is 13.4. The minimum atomic E-state index is -0.415. The maximum Gasteiger partial charge on any atom is 0.258 e. The van der Waals surface area contributed by atoms with Crippen molar-refractivity contribution in [3.05, 3.63) is 24.2 Å². The third-order valence-electron chi connectivity index (χ3n) is 2.88. The summed E-state index contributed by atoms with van der Waals surface area (Å²) in [6, 6.07) is 3.71. The molecular weight excluding hydrogens is 256 g/mol. The van der Waals surface area contributed by atoms with E-state index in [1.807, 2.05) is 37.9 Å². The molecule has 2 aromatic heterocycles. The van der Waals surface area contributed by atoms with Crippen LogP contribution in [0.25, 0.3) is 11.5 Å². The minimum absolute atomic E-state index is 0.228. The number of hydrogen-bond donors (Lipinski definition) is 1. The highest BCUT2D eigenvalue weighted by molar-refractivity contribution is 5.58. The van der Waals surface area contributed by atoms with Crippen LogP contribution in [0.2, 0.25) is 0 Å². The van der Waals surface area contributed by atoms with Gasteiger partial charge in [0.1, 0.15) is 5.82 Å². The first-order valence-corrected chi connectivity index (χ1v) is 6.66. The molecule has 108 valence electrons. The van der Waals surface area contributed by atoms with Crippen molar-refractivity contribution >= 4 is 5.82 Å². The smallest absolute Gasteiger partial charge is 0.258 e. The fourth-order valence-electron chi connectivity index (χ4n) is 1.84. The second-order valence-corrected chi connectivity index (χ2v) is 5.24. The molecule has 6 heteroatoms. The highest BCUT2D eigenvalue weighted by atomic mass is 16.5. The molecule has 2 heterocycles. The summed E-state index contributed by atoms with van der Waals surface area (Å²) in [7, 11) is 1.88. The molecule has 0 aliphatic heterocycles. The average Bonchev–Trinajstić information content (AvgIpc) is 2.88. The summed E-state index contributed by atoms with van der Waals surface area (Å²) in [6.07, 6.45) is 1.28. The zero-order chi connectivity index (χ0) is 14.7. The van der Waals surface area contributed by atoms with E-state index in [2.05, 4.69) is 15.1 Å². The van der Waals surface area contributed by atoms with Crippen LogP contribution in [-0.2, 0) is 0 Å². The maximum absolute atomic E-state index is 9.42. The molecule has 1 N–H and O–H groups in total. The van der Waals surface area contributed by atoms with E-state index in [4.69, 9.17) is 4.52 Å². The van der Waals surface area contributed by atoms with Gasteiger partial charge in [0, 0.05) is 31.3 Å². The van der Waals surface area contributed by atoms with E-state index < -0.39 is 6.10 Å². The highest BCUT2D eigenvalue weighted by Crippen LogP contribution is 2.22. The lowest BCUT2D eigenvalue weighted by atomic mass is 10.2. The normalized spacial score (nSPS) is 12.7. The number of aliphatic hydroxyl groups excluding tert-OH is 1. The summed E-state index contributed by atoms with van der Waals surface area (Å²) in [4.78, 5) is 10.5. The SMILES string of the molecule is CC(O)CN(C)c1cc(-c2nc(C(C)C)no2)ccn1. The summed E-state index contributed by atoms with van der Waals surface area (Å²) in [5.74, 6) is 2.16. The van der Waals surface area contributed by atoms with E-state index in [-0.39, 0.29) is 5.92 Å². The highest BCUT2D eigenvalue weighted by Gasteiger charge is 2.13. The Morgan fingerprint density at radius 1 is 1.35 bits per heavy atom. The molecule has 0 amide bonds. The molecule has 0 saturated heterocycles. The maximum atomic E-state index is 9.42. The van der Waals surface area contributed by atoms with Crippen LogP contribution in [0.15, 0.2) is 22.9 Å². The Kier molecular flexibility index (Phi) is 4.34. The van der Waals surface area contributed by atoms with Crippen molar-refractivity contribution in [2.24, 2.45) is 0 Å². The molecule has 0 fully saturated rings. The van der Waals surface area contributed by atoms with Gasteiger partial charge >= 0.3 is 0 Å². The third-order valence-corrected chi connectivity index (χ3v) is 2.88. The number of hydrogen-bond acceptors (Lipinski definition) is 6. The van der Waals surface area contributed by atoms with Gasteiger partial charge in [0.15, 0.2) is 5.82 Å². The van der Waals surface area contributed by atoms with Gasteiger partial charge in [0.2, 0.25) is 0 Å². The predicted molar refractivity (Wildman–Crippen MR) is 76.6 cm³/mol. The van der Waals surface area contributed by atoms with Gasteiger partial charge in [0.25, 0.3) is 5.89 Å². The van der Waals surface area contributed by atoms with Gasteiger partial charge in [-0.25, -0.2) is 4.98 Å². The molecule has 0 aromatic carbocycles. The van der Waals surface area contributed by atoms with E-state index in [1.165, 1.54) is 0 Å². The molecule has 0 aliphatic carbocycles. The average molecular weight is 276 g/mol. The van der Waals surface area contributed by atoms with Crippen LogP contribution in [0, 0.1) is 0 Å². The van der Waals surface area contributed by atoms with Crippen LogP contribution in [-0.4, -0.2) is 39.9 Å². The second-order valence-electron chi connectivity index (χ2n) is 5.24. The van der Waals surface area contributed by atoms with Crippen molar-refractivity contribution in [3.8, 4) is 11.5 Å². The summed E-state index contributed by atoms with van der Waals surface area (Å²) in [6.45, 7) is 6.29. The van der Waals surface area contributed by atoms with Crippen LogP contribution in [0.1, 0.15) is 32.5 Å². The largest absolute Gasteiger partial charge is 0.392 e. The van der Waals surface area contributed by atoms with Crippen molar-refractivity contribution < 1.29 is 9.63 Å². The lowest BCUT2D eigenvalue weighted by Gasteiger charge is -2.19. The summed E-state index contributed by atoms with van der Waals surface area (Å²) in [5.41, 5.74) is 0.826. The number of anilines is 1. The molecule has 0 bridgehead atoms. The summed E-state index contributed by atoms with van der Waals surface area (Å²) < 4.78 is 5.27. The fraction of sp³-hybridized carbons (Fsp3) is 0.500. The third kappa shape index (κ3) is 3.33. The van der Waals surface area contributed by atoms with Crippen molar-refractivity contribution in [2.75, 3.05) is 18.5 Å². The van der Waals surface area contributed by atoms with Gasteiger partial charge in [-0.15, -0.1) is 0 Å². The number of aromatic nitrogens is 3. The monoisotopic (exact) mass is 276 g/mol. The minimum Gasteiger partial charge on any atom is -0.392 e. The Hall–Kier alpha value is -1.95. The molecule has 0 aliphatic rings. The van der Waals surface area contributed by atoms with Crippen LogP contribution in [0.4, 0.5) is 5.82 Å². The standard InChI is InChI=1S/C14H20N4O2/c1-9(2)13-16-14(20-17-13)11-5-6-15-12(7-11)18(4)8-10(3)19/h5-7,9-10,19H,8H2,1-4H3. The molecule has 6 nitrogen and oxygen atoms in total. The molecular formula is C14H20N4O2. The lowest BCUT2D eigenvalue weighted by molar-refractivity contribution is 0.201. The molecule has 1 unspecified atom stereocenters. The Bertz CT molecular complexity index is 566. The second kappa shape index (κ2) is 6.00. The number of pyridine rings is 1. The van der Waals surface area contributed by atoms with Crippen molar-refractivity contribution in [2.45, 2.75) is 32.8 Å². The van der Waals surface area contributed by atoms with E-state index in [0.29, 0.717) is 18.3 Å². The number of rotatable bonds is 5. The first-order chi connectivity index (χ1) is 9.47. The number of nitrogens with zero attached hydrogens (tertiary/aromatic N) is 4. The van der Waals surface area contributed by atoms with Crippen LogP contribution >= 0.6 is 0 Å². The van der Waals surface area contributed by atoms with Crippen LogP contribution in [0.3, 0.4) is 0 Å². The van der Waals surface area contributed by atoms with Gasteiger partial charge in [-0.3, -0.25) is 0 Å². The molecule has 1 atom stereocenters. The Morgan fingerprint density at radius 3 is 2.70 bits per heavy atom. The number of likely N-dealkylation sites (N-methyl/N-ethyl adjacent to an activating group) is 1. The fourth-order valence-corrected chi connectivity index (χ4v) is 1.84. The molecule has 0 radical (unpaired) electrons. The Labute approximate surface area is 118 Å². The van der Waals surface area contributed by atoms with E-state index >= 15 is 0 Å². The van der Waals surface area contributed by atoms with Gasteiger partial charge in [0.05, 0.1) is 6.10 Å². The van der Waals surface area contributed by atoms with Gasteiger partial charge in [-0.05, 0) is 19.1 Å². The van der Waals surface area contributed by atoms with Crippen molar-refractivity contribution in [3.63, 3.8) is 0 Å². The lowest BCUT2D eigenvalue weighted by Crippen LogP contribution is -2.27. The molecule has 2 aromatic rings. The van der Waals surface area contributed by atoms with Crippen LogP contribution < -0.4 is 4.90 Å². The van der Waals surface area contributed by atoms with E-state index in [1.54, 1.807) is 13.1 Å². The van der Waals surface area contributed by atoms with E-state index in [0.717, 1.165) is 11.4 Å². The quantitative estimate of drug-likeness (QED) is 0.901. The molecule has 2 rings (SSSR count). The summed E-state index contributed by atoms with van der Waals surface area (Å²) >= 11 is 0. The molecule has 0 spiro atoms. The first kappa shape index (κ1) is 14.5. The predicted octanol–water partition coefficient (Wildman–Crippen LogP) is 2.07. The zero-order valence-corrected chi connectivity index (χ0v) is 12.2. The Balaban J connectivity index is 2.24. The molecule has 20 heavy (non-hydrogen) atoms. The first-order valence-electron chi connectivity index (χ1n) is 6.66.